The zero-order valence-corrected chi connectivity index (χ0v) is 10.8. The van der Waals surface area contributed by atoms with Crippen LogP contribution in [0.5, 0.6) is 0 Å². The lowest BCUT2D eigenvalue weighted by atomic mass is 10.1. The molecule has 3 N–H and O–H groups in total. The van der Waals surface area contributed by atoms with Gasteiger partial charge in [0.15, 0.2) is 0 Å². The van der Waals surface area contributed by atoms with Crippen LogP contribution < -0.4 is 10.6 Å². The first kappa shape index (κ1) is 12.0. The topological polar surface area (TPSA) is 53.1 Å². The molecular weight excluding hydrogens is 210 g/mol. The molecule has 0 amide bonds. The van der Waals surface area contributed by atoms with E-state index in [1.165, 1.54) is 12.0 Å². The van der Waals surface area contributed by atoms with Crippen LogP contribution in [0, 0.1) is 18.3 Å². The Balaban J connectivity index is 2.47. The van der Waals surface area contributed by atoms with Gasteiger partial charge in [-0.3, -0.25) is 5.41 Å². The number of nitrogens with one attached hydrogen (secondary N) is 1. The number of hydrogen-bond donors (Lipinski definition) is 2. The summed E-state index contributed by atoms with van der Waals surface area (Å²) in [6.45, 7) is 7.69. The third-order valence-electron chi connectivity index (χ3n) is 3.60. The Morgan fingerprint density at radius 1 is 1.41 bits per heavy atom. The van der Waals surface area contributed by atoms with Crippen LogP contribution in [0.2, 0.25) is 0 Å². The van der Waals surface area contributed by atoms with Gasteiger partial charge in [0.25, 0.3) is 0 Å². The van der Waals surface area contributed by atoms with Gasteiger partial charge in [-0.25, -0.2) is 0 Å². The van der Waals surface area contributed by atoms with Crippen molar-refractivity contribution < 1.29 is 0 Å². The maximum atomic E-state index is 7.70. The Morgan fingerprint density at radius 2 is 2.12 bits per heavy atom. The molecule has 1 aromatic carbocycles. The summed E-state index contributed by atoms with van der Waals surface area (Å²) < 4.78 is 0. The molecule has 1 aliphatic heterocycles. The van der Waals surface area contributed by atoms with Gasteiger partial charge in [-0.15, -0.1) is 0 Å². The smallest absolute Gasteiger partial charge is 0.124 e. The average molecular weight is 231 g/mol. The van der Waals surface area contributed by atoms with E-state index < -0.39 is 0 Å². The lowest BCUT2D eigenvalue weighted by Crippen LogP contribution is -2.30. The van der Waals surface area contributed by atoms with Crippen molar-refractivity contribution in [1.82, 2.24) is 0 Å². The number of hydrogen-bond acceptors (Lipinski definition) is 2. The zero-order valence-electron chi connectivity index (χ0n) is 10.8. The minimum absolute atomic E-state index is 0.162. The molecule has 92 valence electrons. The van der Waals surface area contributed by atoms with Crippen LogP contribution in [-0.2, 0) is 0 Å². The summed E-state index contributed by atoms with van der Waals surface area (Å²) in [6, 6.07) is 6.54. The first-order valence-corrected chi connectivity index (χ1v) is 6.21. The highest BCUT2D eigenvalue weighted by atomic mass is 15.2. The SMILES string of the molecule is Cc1cccc(C(=N)N)c1N1CC(C)CC1C. The van der Waals surface area contributed by atoms with Crippen LogP contribution in [-0.4, -0.2) is 18.4 Å². The summed E-state index contributed by atoms with van der Waals surface area (Å²) in [5.41, 5.74) is 8.91. The maximum Gasteiger partial charge on any atom is 0.124 e. The summed E-state index contributed by atoms with van der Waals surface area (Å²) in [4.78, 5) is 2.40. The first-order valence-electron chi connectivity index (χ1n) is 6.21. The highest BCUT2D eigenvalue weighted by Crippen LogP contribution is 2.33. The number of benzene rings is 1. The molecule has 3 nitrogen and oxygen atoms in total. The molecule has 2 unspecified atom stereocenters. The van der Waals surface area contributed by atoms with E-state index in [-0.39, 0.29) is 5.84 Å². The van der Waals surface area contributed by atoms with Crippen molar-refractivity contribution in [2.24, 2.45) is 11.7 Å². The van der Waals surface area contributed by atoms with E-state index in [1.807, 2.05) is 12.1 Å². The Morgan fingerprint density at radius 3 is 2.65 bits per heavy atom. The van der Waals surface area contributed by atoms with Crippen molar-refractivity contribution in [3.8, 4) is 0 Å². The van der Waals surface area contributed by atoms with Gasteiger partial charge in [-0.2, -0.15) is 0 Å². The van der Waals surface area contributed by atoms with Crippen molar-refractivity contribution in [1.29, 1.82) is 5.41 Å². The predicted octanol–water partition coefficient (Wildman–Crippen LogP) is 2.51. The second-order valence-corrected chi connectivity index (χ2v) is 5.23. The molecule has 1 heterocycles. The highest BCUT2D eigenvalue weighted by molar-refractivity contribution is 6.01. The first-order chi connectivity index (χ1) is 8.00. The second kappa shape index (κ2) is 4.40. The van der Waals surface area contributed by atoms with Gasteiger partial charge < -0.3 is 10.6 Å². The van der Waals surface area contributed by atoms with Crippen molar-refractivity contribution in [2.45, 2.75) is 33.2 Å². The lowest BCUT2D eigenvalue weighted by Gasteiger charge is -2.28. The van der Waals surface area contributed by atoms with Crippen LogP contribution >= 0.6 is 0 Å². The number of amidine groups is 1. The zero-order chi connectivity index (χ0) is 12.6. The molecule has 0 aliphatic carbocycles. The Hall–Kier alpha value is -1.51. The molecule has 2 atom stereocenters. The Bertz CT molecular complexity index is 439. The van der Waals surface area contributed by atoms with E-state index in [2.05, 4.69) is 31.7 Å². The summed E-state index contributed by atoms with van der Waals surface area (Å²) in [5, 5.41) is 7.70. The van der Waals surface area contributed by atoms with Gasteiger partial charge in [0.2, 0.25) is 0 Å². The van der Waals surface area contributed by atoms with Crippen LogP contribution in [0.25, 0.3) is 0 Å². The van der Waals surface area contributed by atoms with Gasteiger partial charge >= 0.3 is 0 Å². The number of anilines is 1. The predicted molar refractivity (Wildman–Crippen MR) is 72.8 cm³/mol. The maximum absolute atomic E-state index is 7.70. The molecule has 2 rings (SSSR count). The standard InChI is InChI=1S/C14H21N3/c1-9-7-11(3)17(8-9)13-10(2)5-4-6-12(13)14(15)16/h4-6,9,11H,7-8H2,1-3H3,(H3,15,16). The van der Waals surface area contributed by atoms with Crippen molar-refractivity contribution >= 4 is 11.5 Å². The van der Waals surface area contributed by atoms with Gasteiger partial charge in [0, 0.05) is 18.2 Å². The van der Waals surface area contributed by atoms with E-state index in [9.17, 15) is 0 Å². The normalized spacial score (nSPS) is 24.1. The van der Waals surface area contributed by atoms with Crippen LogP contribution in [0.15, 0.2) is 18.2 Å². The minimum atomic E-state index is 0.162. The molecule has 1 saturated heterocycles. The molecule has 0 bridgehead atoms. The number of rotatable bonds is 2. The summed E-state index contributed by atoms with van der Waals surface area (Å²) in [7, 11) is 0. The van der Waals surface area contributed by atoms with Gasteiger partial charge in [0.1, 0.15) is 5.84 Å². The molecular formula is C14H21N3. The van der Waals surface area contributed by atoms with E-state index in [4.69, 9.17) is 11.1 Å². The molecule has 0 spiro atoms. The average Bonchev–Trinajstić information content (AvgIpc) is 2.57. The number of nitrogens with zero attached hydrogens (tertiary/aromatic N) is 1. The van der Waals surface area contributed by atoms with Crippen molar-refractivity contribution in [2.75, 3.05) is 11.4 Å². The molecule has 3 heteroatoms. The summed E-state index contributed by atoms with van der Waals surface area (Å²) in [6.07, 6.45) is 1.21. The largest absolute Gasteiger partial charge is 0.384 e. The minimum Gasteiger partial charge on any atom is -0.384 e. The Kier molecular flexibility index (Phi) is 3.09. The van der Waals surface area contributed by atoms with E-state index >= 15 is 0 Å². The number of aryl methyl sites for hydroxylation is 1. The van der Waals surface area contributed by atoms with Crippen LogP contribution in [0.3, 0.4) is 0 Å². The fourth-order valence-electron chi connectivity index (χ4n) is 2.87. The quantitative estimate of drug-likeness (QED) is 0.607. The molecule has 0 aromatic heterocycles. The fourth-order valence-corrected chi connectivity index (χ4v) is 2.87. The highest BCUT2D eigenvalue weighted by Gasteiger charge is 2.28. The molecule has 1 aromatic rings. The van der Waals surface area contributed by atoms with E-state index in [0.29, 0.717) is 12.0 Å². The molecule has 17 heavy (non-hydrogen) atoms. The van der Waals surface area contributed by atoms with Crippen LogP contribution in [0.4, 0.5) is 5.69 Å². The molecule has 0 saturated carbocycles. The van der Waals surface area contributed by atoms with Crippen LogP contribution in [0.1, 0.15) is 31.4 Å². The number of para-hydroxylation sites is 1. The van der Waals surface area contributed by atoms with E-state index in [1.54, 1.807) is 0 Å². The van der Waals surface area contributed by atoms with Crippen molar-refractivity contribution in [3.05, 3.63) is 29.3 Å². The second-order valence-electron chi connectivity index (χ2n) is 5.23. The molecule has 1 fully saturated rings. The monoisotopic (exact) mass is 231 g/mol. The summed E-state index contributed by atoms with van der Waals surface area (Å²) >= 11 is 0. The number of nitrogens with two attached hydrogens (primary N) is 1. The Labute approximate surface area is 103 Å². The van der Waals surface area contributed by atoms with Gasteiger partial charge in [-0.05, 0) is 37.8 Å². The third kappa shape index (κ3) is 2.14. The van der Waals surface area contributed by atoms with Crippen molar-refractivity contribution in [3.63, 3.8) is 0 Å². The van der Waals surface area contributed by atoms with Gasteiger partial charge in [-0.1, -0.05) is 19.1 Å². The lowest BCUT2D eigenvalue weighted by molar-refractivity contribution is 0.625. The third-order valence-corrected chi connectivity index (χ3v) is 3.60. The van der Waals surface area contributed by atoms with Gasteiger partial charge in [0.05, 0.1) is 5.69 Å². The fraction of sp³-hybridized carbons (Fsp3) is 0.500. The molecule has 0 radical (unpaired) electrons. The molecule has 1 aliphatic rings. The number of nitrogen functional groups attached to an aromatic ring is 1. The summed E-state index contributed by atoms with van der Waals surface area (Å²) in [5.74, 6) is 0.875. The van der Waals surface area contributed by atoms with E-state index in [0.717, 1.165) is 17.8 Å².